The molecular weight excluding hydrogens is 249 g/mol. The van der Waals surface area contributed by atoms with Crippen LogP contribution in [0.15, 0.2) is 18.2 Å². The van der Waals surface area contributed by atoms with Crippen LogP contribution in [0.4, 0.5) is 0 Å². The summed E-state index contributed by atoms with van der Waals surface area (Å²) in [6, 6.07) is 4.93. The third kappa shape index (κ3) is 4.84. The summed E-state index contributed by atoms with van der Waals surface area (Å²) in [4.78, 5) is 10.4. The molecule has 0 amide bonds. The lowest BCUT2D eigenvalue weighted by atomic mass is 10.0. The molecule has 0 heterocycles. The van der Waals surface area contributed by atoms with E-state index in [1.54, 1.807) is 18.2 Å². The first-order valence-electron chi connectivity index (χ1n) is 4.89. The van der Waals surface area contributed by atoms with Crippen LogP contribution in [-0.4, -0.2) is 17.1 Å². The molecule has 1 rings (SSSR count). The van der Waals surface area contributed by atoms with E-state index in [-0.39, 0.29) is 12.5 Å². The Hall–Kier alpha value is -0.770. The first-order chi connectivity index (χ1) is 7.47. The molecule has 0 aliphatic heterocycles. The van der Waals surface area contributed by atoms with E-state index >= 15 is 0 Å². The van der Waals surface area contributed by atoms with Crippen LogP contribution in [-0.2, 0) is 11.2 Å². The quantitative estimate of drug-likeness (QED) is 0.857. The molecule has 1 atom stereocenters. The van der Waals surface area contributed by atoms with Crippen molar-refractivity contribution in [3.8, 4) is 0 Å². The van der Waals surface area contributed by atoms with Crippen molar-refractivity contribution in [1.29, 1.82) is 0 Å². The summed E-state index contributed by atoms with van der Waals surface area (Å²) in [5.74, 6) is -0.878. The van der Waals surface area contributed by atoms with Gasteiger partial charge in [0.25, 0.3) is 0 Å². The van der Waals surface area contributed by atoms with E-state index in [1.165, 1.54) is 0 Å². The van der Waals surface area contributed by atoms with E-state index in [1.807, 2.05) is 0 Å². The van der Waals surface area contributed by atoms with Gasteiger partial charge in [0.05, 0.1) is 6.42 Å². The average molecular weight is 262 g/mol. The van der Waals surface area contributed by atoms with Crippen LogP contribution in [0.1, 0.15) is 18.4 Å². The maximum Gasteiger partial charge on any atom is 0.304 e. The van der Waals surface area contributed by atoms with Gasteiger partial charge in [-0.1, -0.05) is 23.2 Å². The summed E-state index contributed by atoms with van der Waals surface area (Å²) in [5.41, 5.74) is 6.62. The molecule has 3 N–H and O–H groups in total. The lowest BCUT2D eigenvalue weighted by Gasteiger charge is -2.09. The predicted octanol–water partition coefficient (Wildman–Crippen LogP) is 2.73. The Bertz CT molecular complexity index is 362. The zero-order valence-corrected chi connectivity index (χ0v) is 10.1. The predicted molar refractivity (Wildman–Crippen MR) is 65.0 cm³/mol. The number of rotatable bonds is 5. The van der Waals surface area contributed by atoms with Crippen molar-refractivity contribution in [2.24, 2.45) is 5.73 Å². The van der Waals surface area contributed by atoms with E-state index in [9.17, 15) is 4.79 Å². The van der Waals surface area contributed by atoms with Crippen LogP contribution in [0.25, 0.3) is 0 Å². The smallest absolute Gasteiger partial charge is 0.304 e. The second kappa shape index (κ2) is 6.09. The molecule has 0 spiro atoms. The van der Waals surface area contributed by atoms with Gasteiger partial charge < -0.3 is 10.8 Å². The second-order valence-corrected chi connectivity index (χ2v) is 4.55. The van der Waals surface area contributed by atoms with Gasteiger partial charge in [0, 0.05) is 16.1 Å². The second-order valence-electron chi connectivity index (χ2n) is 3.67. The minimum absolute atomic E-state index is 0.0195. The molecule has 0 saturated carbocycles. The molecule has 0 radical (unpaired) electrons. The summed E-state index contributed by atoms with van der Waals surface area (Å²) in [7, 11) is 0. The minimum Gasteiger partial charge on any atom is -0.481 e. The van der Waals surface area contributed by atoms with E-state index in [2.05, 4.69) is 0 Å². The number of nitrogens with two attached hydrogens (primary N) is 1. The summed E-state index contributed by atoms with van der Waals surface area (Å²) in [6.07, 6.45) is 1.26. The molecule has 3 nitrogen and oxygen atoms in total. The lowest BCUT2D eigenvalue weighted by molar-refractivity contribution is -0.137. The topological polar surface area (TPSA) is 63.3 Å². The molecule has 16 heavy (non-hydrogen) atoms. The lowest BCUT2D eigenvalue weighted by Crippen LogP contribution is -2.24. The van der Waals surface area contributed by atoms with Gasteiger partial charge in [-0.25, -0.2) is 0 Å². The number of carboxylic acid groups (broad SMARTS) is 1. The Morgan fingerprint density at radius 3 is 2.38 bits per heavy atom. The molecule has 0 bridgehead atoms. The summed E-state index contributed by atoms with van der Waals surface area (Å²) in [6.45, 7) is 0. The minimum atomic E-state index is -0.878. The highest BCUT2D eigenvalue weighted by Crippen LogP contribution is 2.20. The number of hydrogen-bond donors (Lipinski definition) is 2. The molecule has 1 aromatic rings. The number of benzene rings is 1. The van der Waals surface area contributed by atoms with Crippen molar-refractivity contribution < 1.29 is 9.90 Å². The van der Waals surface area contributed by atoms with Gasteiger partial charge in [-0.3, -0.25) is 4.79 Å². The summed E-state index contributed by atoms with van der Waals surface area (Å²) < 4.78 is 0. The molecule has 5 heteroatoms. The number of carbonyl (C=O) groups is 1. The third-order valence-corrected chi connectivity index (χ3v) is 2.60. The maximum atomic E-state index is 10.4. The van der Waals surface area contributed by atoms with Crippen molar-refractivity contribution in [2.45, 2.75) is 25.3 Å². The normalized spacial score (nSPS) is 12.4. The van der Waals surface area contributed by atoms with Crippen molar-refractivity contribution in [3.05, 3.63) is 33.8 Å². The fraction of sp³-hybridized carbons (Fsp3) is 0.364. The third-order valence-electron chi connectivity index (χ3n) is 2.16. The Balaban J connectivity index is 2.51. The highest BCUT2D eigenvalue weighted by Gasteiger charge is 2.08. The highest BCUT2D eigenvalue weighted by atomic mass is 35.5. The van der Waals surface area contributed by atoms with Gasteiger partial charge in [0.2, 0.25) is 0 Å². The number of hydrogen-bond acceptors (Lipinski definition) is 2. The number of halogens is 2. The van der Waals surface area contributed by atoms with Gasteiger partial charge in [0.15, 0.2) is 0 Å². The first kappa shape index (κ1) is 13.3. The van der Waals surface area contributed by atoms with Crippen LogP contribution in [0, 0.1) is 0 Å². The maximum absolute atomic E-state index is 10.4. The van der Waals surface area contributed by atoms with Crippen LogP contribution >= 0.6 is 23.2 Å². The zero-order chi connectivity index (χ0) is 12.1. The van der Waals surface area contributed by atoms with Crippen LogP contribution in [0.2, 0.25) is 10.0 Å². The van der Waals surface area contributed by atoms with Crippen molar-refractivity contribution >= 4 is 29.2 Å². The molecule has 0 aromatic heterocycles. The molecule has 0 fully saturated rings. The van der Waals surface area contributed by atoms with Crippen LogP contribution in [0.5, 0.6) is 0 Å². The molecule has 0 saturated heterocycles. The summed E-state index contributed by atoms with van der Waals surface area (Å²) >= 11 is 11.7. The molecular formula is C11H13Cl2NO2. The number of carboxylic acids is 1. The van der Waals surface area contributed by atoms with Gasteiger partial charge >= 0.3 is 5.97 Å². The number of aliphatic carboxylic acids is 1. The van der Waals surface area contributed by atoms with Gasteiger partial charge in [-0.05, 0) is 36.6 Å². The number of aryl methyl sites for hydroxylation is 1. The highest BCUT2D eigenvalue weighted by molar-refractivity contribution is 6.34. The monoisotopic (exact) mass is 261 g/mol. The molecule has 0 aliphatic carbocycles. The Morgan fingerprint density at radius 1 is 1.31 bits per heavy atom. The SMILES string of the molecule is NC(CCc1cc(Cl)cc(Cl)c1)CC(=O)O. The van der Waals surface area contributed by atoms with Gasteiger partial charge in [0.1, 0.15) is 0 Å². The van der Waals surface area contributed by atoms with Gasteiger partial charge in [-0.2, -0.15) is 0 Å². The standard InChI is InChI=1S/C11H13Cl2NO2/c12-8-3-7(4-9(13)5-8)1-2-10(14)6-11(15)16/h3-5,10H,1-2,6,14H2,(H,15,16). The molecule has 88 valence electrons. The fourth-order valence-corrected chi connectivity index (χ4v) is 2.00. The molecule has 1 aromatic carbocycles. The van der Waals surface area contributed by atoms with Crippen LogP contribution < -0.4 is 5.73 Å². The molecule has 1 unspecified atom stereocenters. The molecule has 0 aliphatic rings. The van der Waals surface area contributed by atoms with E-state index in [4.69, 9.17) is 34.0 Å². The van der Waals surface area contributed by atoms with E-state index in [0.717, 1.165) is 5.56 Å². The Morgan fingerprint density at radius 2 is 1.88 bits per heavy atom. The average Bonchev–Trinajstić information content (AvgIpc) is 2.12. The Kier molecular flexibility index (Phi) is 5.06. The van der Waals surface area contributed by atoms with E-state index < -0.39 is 5.97 Å². The van der Waals surface area contributed by atoms with Gasteiger partial charge in [-0.15, -0.1) is 0 Å². The Labute approximate surface area is 104 Å². The van der Waals surface area contributed by atoms with Crippen molar-refractivity contribution in [3.63, 3.8) is 0 Å². The first-order valence-corrected chi connectivity index (χ1v) is 5.65. The largest absolute Gasteiger partial charge is 0.481 e. The summed E-state index contributed by atoms with van der Waals surface area (Å²) in [5, 5.41) is 9.70. The van der Waals surface area contributed by atoms with Crippen molar-refractivity contribution in [1.82, 2.24) is 0 Å². The zero-order valence-electron chi connectivity index (χ0n) is 8.62. The van der Waals surface area contributed by atoms with Crippen LogP contribution in [0.3, 0.4) is 0 Å². The fourth-order valence-electron chi connectivity index (χ4n) is 1.43. The van der Waals surface area contributed by atoms with E-state index in [0.29, 0.717) is 22.9 Å². The van der Waals surface area contributed by atoms with Crippen molar-refractivity contribution in [2.75, 3.05) is 0 Å².